The first-order valence-corrected chi connectivity index (χ1v) is 8.07. The Morgan fingerprint density at radius 3 is 2.59 bits per heavy atom. The van der Waals surface area contributed by atoms with Gasteiger partial charge in [0.05, 0.1) is 6.07 Å². The highest BCUT2D eigenvalue weighted by Crippen LogP contribution is 2.24. The summed E-state index contributed by atoms with van der Waals surface area (Å²) in [5.74, 6) is 0.280. The number of halogens is 2. The van der Waals surface area contributed by atoms with Gasteiger partial charge in [-0.15, -0.1) is 11.6 Å². The predicted molar refractivity (Wildman–Crippen MR) is 87.6 cm³/mol. The van der Waals surface area contributed by atoms with E-state index in [-0.39, 0.29) is 11.7 Å². The van der Waals surface area contributed by atoms with Gasteiger partial charge in [-0.1, -0.05) is 30.3 Å². The third-order valence-corrected chi connectivity index (χ3v) is 3.82. The molecule has 1 aromatic carbocycles. The lowest BCUT2D eigenvalue weighted by Gasteiger charge is -2.26. The Bertz CT molecular complexity index is 666. The van der Waals surface area contributed by atoms with Crippen molar-refractivity contribution in [2.45, 2.75) is 12.5 Å². The van der Waals surface area contributed by atoms with E-state index in [0.29, 0.717) is 23.5 Å². The van der Waals surface area contributed by atoms with E-state index in [9.17, 15) is 10.1 Å². The monoisotopic (exact) mass is 380 g/mol. The van der Waals surface area contributed by atoms with Crippen LogP contribution < -0.4 is 0 Å². The zero-order chi connectivity index (χ0) is 15.9. The van der Waals surface area contributed by atoms with Crippen molar-refractivity contribution in [3.8, 4) is 6.07 Å². The summed E-state index contributed by atoms with van der Waals surface area (Å²) >= 11 is 8.92. The molecule has 1 amide bonds. The molecule has 1 aromatic heterocycles. The van der Waals surface area contributed by atoms with E-state index in [1.54, 1.807) is 12.1 Å². The molecule has 114 valence electrons. The highest BCUT2D eigenvalue weighted by molar-refractivity contribution is 9.10. The van der Waals surface area contributed by atoms with Gasteiger partial charge in [-0.05, 0) is 40.0 Å². The van der Waals surface area contributed by atoms with Gasteiger partial charge in [-0.2, -0.15) is 5.26 Å². The quantitative estimate of drug-likeness (QED) is 0.698. The average molecular weight is 382 g/mol. The van der Waals surface area contributed by atoms with Crippen molar-refractivity contribution >= 4 is 33.4 Å². The van der Waals surface area contributed by atoms with Crippen molar-refractivity contribution in [1.29, 1.82) is 5.26 Å². The van der Waals surface area contributed by atoms with Crippen LogP contribution in [0.2, 0.25) is 0 Å². The topological polar surface area (TPSA) is 57.2 Å². The van der Waals surface area contributed by atoms with E-state index in [4.69, 9.17) is 16.0 Å². The molecule has 1 unspecified atom stereocenters. The van der Waals surface area contributed by atoms with Crippen molar-refractivity contribution in [2.75, 3.05) is 12.4 Å². The third kappa shape index (κ3) is 3.90. The molecule has 4 nitrogen and oxygen atoms in total. The number of nitrogens with zero attached hydrogens (tertiary/aromatic N) is 2. The number of hydrogen-bond donors (Lipinski definition) is 0. The standard InChI is InChI=1S/C16H14BrClN2O2/c17-15-8-7-14(22-15)16(21)20(10-4-9-18)13(11-19)12-5-2-1-3-6-12/h1-3,5-8,13H,4,9-10H2. The fourth-order valence-electron chi connectivity index (χ4n) is 2.11. The van der Waals surface area contributed by atoms with E-state index >= 15 is 0 Å². The van der Waals surface area contributed by atoms with Gasteiger partial charge in [-0.3, -0.25) is 4.79 Å². The van der Waals surface area contributed by atoms with E-state index < -0.39 is 6.04 Å². The molecule has 1 atom stereocenters. The van der Waals surface area contributed by atoms with Gasteiger partial charge in [-0.25, -0.2) is 0 Å². The maximum atomic E-state index is 12.7. The van der Waals surface area contributed by atoms with Crippen LogP contribution in [0.4, 0.5) is 0 Å². The molecule has 0 radical (unpaired) electrons. The molecular weight excluding hydrogens is 368 g/mol. The lowest BCUT2D eigenvalue weighted by Crippen LogP contribution is -2.35. The van der Waals surface area contributed by atoms with E-state index in [1.165, 1.54) is 4.90 Å². The third-order valence-electron chi connectivity index (χ3n) is 3.13. The summed E-state index contributed by atoms with van der Waals surface area (Å²) in [6.07, 6.45) is 0.597. The molecule has 0 fully saturated rings. The van der Waals surface area contributed by atoms with Crippen LogP contribution >= 0.6 is 27.5 Å². The molecule has 0 bridgehead atoms. The molecular formula is C16H14BrClN2O2. The minimum atomic E-state index is -0.680. The van der Waals surface area contributed by atoms with E-state index in [2.05, 4.69) is 22.0 Å². The first kappa shape index (κ1) is 16.6. The summed E-state index contributed by atoms with van der Waals surface area (Å²) < 4.78 is 5.79. The molecule has 0 saturated carbocycles. The molecule has 2 rings (SSSR count). The number of furan rings is 1. The van der Waals surface area contributed by atoms with Crippen LogP contribution in [0.3, 0.4) is 0 Å². The summed E-state index contributed by atoms with van der Waals surface area (Å²) in [5.41, 5.74) is 0.763. The number of amides is 1. The Hall–Kier alpha value is -1.77. The largest absolute Gasteiger partial charge is 0.444 e. The molecule has 0 aliphatic heterocycles. The van der Waals surface area contributed by atoms with Crippen molar-refractivity contribution in [3.05, 3.63) is 58.5 Å². The molecule has 0 aliphatic carbocycles. The van der Waals surface area contributed by atoms with E-state index in [0.717, 1.165) is 5.56 Å². The Labute approximate surface area is 142 Å². The second-order valence-corrected chi connectivity index (χ2v) is 5.75. The summed E-state index contributed by atoms with van der Waals surface area (Å²) in [7, 11) is 0. The van der Waals surface area contributed by atoms with Crippen LogP contribution in [0.15, 0.2) is 51.6 Å². The Morgan fingerprint density at radius 1 is 1.32 bits per heavy atom. The van der Waals surface area contributed by atoms with Crippen LogP contribution in [-0.2, 0) is 0 Å². The average Bonchev–Trinajstić information content (AvgIpc) is 2.98. The van der Waals surface area contributed by atoms with Crippen LogP contribution in [0, 0.1) is 11.3 Å². The number of benzene rings is 1. The second-order valence-electron chi connectivity index (χ2n) is 4.59. The summed E-state index contributed by atoms with van der Waals surface area (Å²) in [5, 5.41) is 9.53. The SMILES string of the molecule is N#CC(c1ccccc1)N(CCCCl)C(=O)c1ccc(Br)o1. The first-order valence-electron chi connectivity index (χ1n) is 6.74. The second kappa shape index (κ2) is 8.02. The molecule has 0 saturated heterocycles. The van der Waals surface area contributed by atoms with Crippen molar-refractivity contribution < 1.29 is 9.21 Å². The Morgan fingerprint density at radius 2 is 2.05 bits per heavy atom. The van der Waals surface area contributed by atoms with Crippen LogP contribution in [-0.4, -0.2) is 23.2 Å². The number of rotatable bonds is 6. The smallest absolute Gasteiger partial charge is 0.290 e. The number of alkyl halides is 1. The fraction of sp³-hybridized carbons (Fsp3) is 0.250. The van der Waals surface area contributed by atoms with Crippen molar-refractivity contribution in [2.24, 2.45) is 0 Å². The number of nitriles is 1. The summed E-state index contributed by atoms with van der Waals surface area (Å²) in [6.45, 7) is 0.383. The van der Waals surface area contributed by atoms with Gasteiger partial charge < -0.3 is 9.32 Å². The normalized spacial score (nSPS) is 11.7. The first-order chi connectivity index (χ1) is 10.7. The van der Waals surface area contributed by atoms with Crippen LogP contribution in [0.1, 0.15) is 28.6 Å². The minimum Gasteiger partial charge on any atom is -0.444 e. The van der Waals surface area contributed by atoms with Gasteiger partial charge >= 0.3 is 0 Å². The Kier molecular flexibility index (Phi) is 6.05. The maximum absolute atomic E-state index is 12.7. The van der Waals surface area contributed by atoms with Crippen molar-refractivity contribution in [1.82, 2.24) is 4.90 Å². The maximum Gasteiger partial charge on any atom is 0.290 e. The van der Waals surface area contributed by atoms with Gasteiger partial charge in [0.2, 0.25) is 0 Å². The van der Waals surface area contributed by atoms with E-state index in [1.807, 2.05) is 30.3 Å². The zero-order valence-corrected chi connectivity index (χ0v) is 14.0. The number of carbonyl (C=O) groups is 1. The van der Waals surface area contributed by atoms with Gasteiger partial charge in [0.15, 0.2) is 10.4 Å². The fourth-order valence-corrected chi connectivity index (χ4v) is 2.53. The highest BCUT2D eigenvalue weighted by atomic mass is 79.9. The lowest BCUT2D eigenvalue weighted by molar-refractivity contribution is 0.0683. The predicted octanol–water partition coefficient (Wildman–Crippen LogP) is 4.38. The molecule has 22 heavy (non-hydrogen) atoms. The van der Waals surface area contributed by atoms with Gasteiger partial charge in [0, 0.05) is 12.4 Å². The minimum absolute atomic E-state index is 0.192. The zero-order valence-electron chi connectivity index (χ0n) is 11.7. The summed E-state index contributed by atoms with van der Waals surface area (Å²) in [6, 6.07) is 13.9. The molecule has 0 N–H and O–H groups in total. The number of hydrogen-bond acceptors (Lipinski definition) is 3. The van der Waals surface area contributed by atoms with Crippen LogP contribution in [0.25, 0.3) is 0 Å². The molecule has 2 aromatic rings. The Balaban J connectivity index is 2.32. The van der Waals surface area contributed by atoms with Gasteiger partial charge in [0.1, 0.15) is 6.04 Å². The van der Waals surface area contributed by atoms with Gasteiger partial charge in [0.25, 0.3) is 5.91 Å². The molecule has 1 heterocycles. The lowest BCUT2D eigenvalue weighted by atomic mass is 10.1. The molecule has 0 aliphatic rings. The summed E-state index contributed by atoms with van der Waals surface area (Å²) in [4.78, 5) is 14.1. The highest BCUT2D eigenvalue weighted by Gasteiger charge is 2.27. The number of carbonyl (C=O) groups excluding carboxylic acids is 1. The van der Waals surface area contributed by atoms with Crippen molar-refractivity contribution in [3.63, 3.8) is 0 Å². The van der Waals surface area contributed by atoms with Crippen LogP contribution in [0.5, 0.6) is 0 Å². The molecule has 0 spiro atoms. The molecule has 6 heteroatoms.